The molecule has 0 fully saturated rings. The zero-order valence-corrected chi connectivity index (χ0v) is 25.9. The fraction of sp³-hybridized carbons (Fsp3) is 0.406. The highest BCUT2D eigenvalue weighted by Gasteiger charge is 2.26. The summed E-state index contributed by atoms with van der Waals surface area (Å²) < 4.78 is 37.6. The second-order valence-electron chi connectivity index (χ2n) is 11.6. The van der Waals surface area contributed by atoms with Crippen molar-refractivity contribution in [2.45, 2.75) is 77.7 Å². The van der Waals surface area contributed by atoms with Crippen molar-refractivity contribution in [1.82, 2.24) is 10.3 Å². The van der Waals surface area contributed by atoms with Crippen molar-refractivity contribution in [3.05, 3.63) is 82.2 Å². The number of ether oxygens (including phenoxy) is 2. The van der Waals surface area contributed by atoms with Crippen molar-refractivity contribution in [2.75, 3.05) is 7.11 Å². The minimum atomic E-state index is -3.84. The van der Waals surface area contributed by atoms with Crippen LogP contribution >= 0.6 is 0 Å². The van der Waals surface area contributed by atoms with Gasteiger partial charge >= 0.3 is 12.1 Å². The van der Waals surface area contributed by atoms with E-state index in [1.165, 1.54) is 31.4 Å². The summed E-state index contributed by atoms with van der Waals surface area (Å²) >= 11 is 0. The fourth-order valence-corrected chi connectivity index (χ4v) is 5.95. The average Bonchev–Trinajstić information content (AvgIpc) is 2.88. The van der Waals surface area contributed by atoms with Crippen molar-refractivity contribution in [1.29, 1.82) is 0 Å². The van der Waals surface area contributed by atoms with Crippen LogP contribution in [0.3, 0.4) is 0 Å². The minimum absolute atomic E-state index is 0.0825. The van der Waals surface area contributed by atoms with Crippen LogP contribution in [0, 0.1) is 19.8 Å². The van der Waals surface area contributed by atoms with E-state index < -0.39 is 27.5 Å². The van der Waals surface area contributed by atoms with Gasteiger partial charge in [0.25, 0.3) is 0 Å². The molecule has 0 spiro atoms. The number of hydrogen-bond donors (Lipinski definition) is 1. The molecule has 1 N–H and O–H groups in total. The second kappa shape index (κ2) is 12.9. The summed E-state index contributed by atoms with van der Waals surface area (Å²) in [6.45, 7) is 13.5. The monoisotopic (exact) mass is 580 g/mol. The summed E-state index contributed by atoms with van der Waals surface area (Å²) in [5.74, 6) is -0.581. The summed E-state index contributed by atoms with van der Waals surface area (Å²) in [5, 5.41) is 2.86. The second-order valence-corrected chi connectivity index (χ2v) is 13.6. The first-order valence-electron chi connectivity index (χ1n) is 13.6. The van der Waals surface area contributed by atoms with Crippen LogP contribution in [0.4, 0.5) is 4.79 Å². The zero-order valence-electron chi connectivity index (χ0n) is 25.1. The van der Waals surface area contributed by atoms with Gasteiger partial charge in [-0.25, -0.2) is 18.0 Å². The van der Waals surface area contributed by atoms with Gasteiger partial charge in [0.15, 0.2) is 9.84 Å². The summed E-state index contributed by atoms with van der Waals surface area (Å²) in [4.78, 5) is 29.4. The molecule has 0 saturated carbocycles. The summed E-state index contributed by atoms with van der Waals surface area (Å²) in [5.41, 5.74) is 4.94. The zero-order chi connectivity index (χ0) is 30.5. The number of aromatic nitrogens is 1. The Bertz CT molecular complexity index is 1500. The smallest absolute Gasteiger partial charge is 0.407 e. The number of nitrogens with zero attached hydrogens (tertiary/aromatic N) is 1. The molecule has 3 rings (SSSR count). The first-order chi connectivity index (χ1) is 19.1. The van der Waals surface area contributed by atoms with Crippen LogP contribution in [0.15, 0.2) is 53.4 Å². The molecule has 1 aromatic heterocycles. The number of carbonyl (C=O) groups excluding carboxylic acids is 2. The number of aryl methyl sites for hydroxylation is 2. The highest BCUT2D eigenvalue weighted by molar-refractivity contribution is 7.90. The molecule has 0 aliphatic heterocycles. The number of amides is 1. The van der Waals surface area contributed by atoms with Crippen molar-refractivity contribution < 1.29 is 27.5 Å². The van der Waals surface area contributed by atoms with Crippen LogP contribution in [-0.4, -0.2) is 38.2 Å². The largest absolute Gasteiger partial charge is 0.465 e. The van der Waals surface area contributed by atoms with Gasteiger partial charge in [-0.3, -0.25) is 4.98 Å². The third-order valence-electron chi connectivity index (χ3n) is 6.41. The van der Waals surface area contributed by atoms with E-state index in [-0.39, 0.29) is 28.7 Å². The van der Waals surface area contributed by atoms with E-state index in [1.54, 1.807) is 20.8 Å². The Morgan fingerprint density at radius 2 is 1.56 bits per heavy atom. The van der Waals surface area contributed by atoms with Gasteiger partial charge in [0.1, 0.15) is 5.60 Å². The number of sulfone groups is 1. The number of alkyl carbamates (subject to hydrolysis) is 1. The van der Waals surface area contributed by atoms with E-state index in [0.717, 1.165) is 27.9 Å². The van der Waals surface area contributed by atoms with Crippen LogP contribution in [0.5, 0.6) is 0 Å². The van der Waals surface area contributed by atoms with Crippen molar-refractivity contribution >= 4 is 21.9 Å². The quantitative estimate of drug-likeness (QED) is 0.294. The normalized spacial score (nSPS) is 11.8. The fourth-order valence-electron chi connectivity index (χ4n) is 4.50. The van der Waals surface area contributed by atoms with Gasteiger partial charge in [0, 0.05) is 23.5 Å². The SMILES string of the molecule is COC(=O)c1ccc(S(=O)(=O)Cc2c(C)nc(CC(C)C)c(CNC(=O)OC(C)(C)C)c2-c2ccc(C)cc2)cc1. The van der Waals surface area contributed by atoms with Gasteiger partial charge in [-0.15, -0.1) is 0 Å². The molecule has 0 radical (unpaired) electrons. The molecule has 0 aliphatic rings. The number of pyridine rings is 1. The van der Waals surface area contributed by atoms with E-state index in [9.17, 15) is 18.0 Å². The van der Waals surface area contributed by atoms with E-state index in [2.05, 4.69) is 19.2 Å². The molecule has 0 unspecified atom stereocenters. The van der Waals surface area contributed by atoms with Crippen LogP contribution in [0.2, 0.25) is 0 Å². The topological polar surface area (TPSA) is 112 Å². The van der Waals surface area contributed by atoms with Gasteiger partial charge in [-0.2, -0.15) is 0 Å². The maximum Gasteiger partial charge on any atom is 0.407 e. The lowest BCUT2D eigenvalue weighted by Crippen LogP contribution is -2.32. The number of hydrogen-bond acceptors (Lipinski definition) is 7. The standard InChI is InChI=1S/C32H40N2O6S/c1-20(2)17-28-26(18-33-31(36)40-32(5,6)7)29(23-11-9-21(3)10-12-23)27(22(4)34-28)19-41(37,38)25-15-13-24(14-16-25)30(35)39-8/h9-16,20H,17-19H2,1-8H3,(H,33,36). The minimum Gasteiger partial charge on any atom is -0.465 e. The number of methoxy groups -OCH3 is 1. The molecule has 220 valence electrons. The van der Waals surface area contributed by atoms with Crippen LogP contribution in [-0.2, 0) is 38.0 Å². The van der Waals surface area contributed by atoms with Crippen LogP contribution in [0.25, 0.3) is 11.1 Å². The van der Waals surface area contributed by atoms with E-state index in [4.69, 9.17) is 14.5 Å². The average molecular weight is 581 g/mol. The molecular formula is C32H40N2O6S. The molecule has 3 aromatic rings. The summed E-state index contributed by atoms with van der Waals surface area (Å²) in [7, 11) is -2.56. The lowest BCUT2D eigenvalue weighted by atomic mass is 9.90. The van der Waals surface area contributed by atoms with Gasteiger partial charge < -0.3 is 14.8 Å². The Morgan fingerprint density at radius 3 is 2.10 bits per heavy atom. The third-order valence-corrected chi connectivity index (χ3v) is 8.07. The van der Waals surface area contributed by atoms with Gasteiger partial charge in [-0.1, -0.05) is 43.7 Å². The molecule has 0 saturated heterocycles. The molecule has 41 heavy (non-hydrogen) atoms. The van der Waals surface area contributed by atoms with Gasteiger partial charge in [0.2, 0.25) is 0 Å². The molecule has 9 heteroatoms. The Hall–Kier alpha value is -3.72. The first kappa shape index (κ1) is 31.8. The van der Waals surface area contributed by atoms with Crippen LogP contribution in [0.1, 0.15) is 73.1 Å². The predicted octanol–water partition coefficient (Wildman–Crippen LogP) is 6.35. The number of carbonyl (C=O) groups is 2. The maximum atomic E-state index is 13.7. The molecule has 1 amide bonds. The third kappa shape index (κ3) is 8.39. The lowest BCUT2D eigenvalue weighted by molar-refractivity contribution is 0.0522. The highest BCUT2D eigenvalue weighted by atomic mass is 32.2. The van der Waals surface area contributed by atoms with Gasteiger partial charge in [0.05, 0.1) is 23.3 Å². The van der Waals surface area contributed by atoms with E-state index in [0.29, 0.717) is 17.7 Å². The van der Waals surface area contributed by atoms with E-state index >= 15 is 0 Å². The summed E-state index contributed by atoms with van der Waals surface area (Å²) in [6, 6.07) is 13.6. The molecule has 8 nitrogen and oxygen atoms in total. The Balaban J connectivity index is 2.18. The van der Waals surface area contributed by atoms with Crippen LogP contribution < -0.4 is 5.32 Å². The molecule has 0 aliphatic carbocycles. The number of rotatable bonds is 9. The van der Waals surface area contributed by atoms with Gasteiger partial charge in [-0.05, 0) is 87.9 Å². The molecule has 0 atom stereocenters. The van der Waals surface area contributed by atoms with E-state index in [1.807, 2.05) is 38.1 Å². The molecule has 1 heterocycles. The Kier molecular flexibility index (Phi) is 9.97. The molecule has 2 aromatic carbocycles. The summed E-state index contributed by atoms with van der Waals surface area (Å²) in [6.07, 6.45) is 0.0795. The van der Waals surface area contributed by atoms with Crippen molar-refractivity contribution in [3.63, 3.8) is 0 Å². The maximum absolute atomic E-state index is 13.7. The highest BCUT2D eigenvalue weighted by Crippen LogP contribution is 2.35. The number of benzene rings is 2. The first-order valence-corrected chi connectivity index (χ1v) is 15.2. The predicted molar refractivity (Wildman–Crippen MR) is 159 cm³/mol. The van der Waals surface area contributed by atoms with Crippen molar-refractivity contribution in [3.8, 4) is 11.1 Å². The lowest BCUT2D eigenvalue weighted by Gasteiger charge is -2.24. The Labute approximate surface area is 243 Å². The molecule has 0 bridgehead atoms. The number of esters is 1. The molecular weight excluding hydrogens is 540 g/mol. The van der Waals surface area contributed by atoms with Crippen molar-refractivity contribution in [2.24, 2.45) is 5.92 Å². The Morgan fingerprint density at radius 1 is 0.951 bits per heavy atom. The number of nitrogens with one attached hydrogen (secondary N) is 1.